The highest BCUT2D eigenvalue weighted by Crippen LogP contribution is 2.63. The Morgan fingerprint density at radius 3 is 2.11 bits per heavy atom. The summed E-state index contributed by atoms with van der Waals surface area (Å²) < 4.78 is 13.6. The molecule has 1 nitrogen and oxygen atoms in total. The first-order chi connectivity index (χ1) is 8.59. The van der Waals surface area contributed by atoms with E-state index in [0.717, 1.165) is 5.56 Å². The van der Waals surface area contributed by atoms with Gasteiger partial charge in [-0.15, -0.1) is 0 Å². The van der Waals surface area contributed by atoms with Crippen molar-refractivity contribution in [1.29, 1.82) is 0 Å². The molecule has 0 bridgehead atoms. The van der Waals surface area contributed by atoms with Gasteiger partial charge in [-0.3, -0.25) is 0 Å². The number of hydrogen-bond donors (Lipinski definition) is 1. The van der Waals surface area contributed by atoms with Gasteiger partial charge in [0.2, 0.25) is 0 Å². The molecular weight excluding hydrogens is 284 g/mol. The van der Waals surface area contributed by atoms with E-state index < -0.39 is 5.82 Å². The van der Waals surface area contributed by atoms with Gasteiger partial charge in [0, 0.05) is 17.1 Å². The van der Waals surface area contributed by atoms with Gasteiger partial charge < -0.3 is 5.32 Å². The lowest BCUT2D eigenvalue weighted by Crippen LogP contribution is -2.26. The zero-order valence-corrected chi connectivity index (χ0v) is 13.5. The molecule has 1 unspecified atom stereocenters. The van der Waals surface area contributed by atoms with Crippen molar-refractivity contribution in [1.82, 2.24) is 5.32 Å². The molecule has 0 heterocycles. The summed E-state index contributed by atoms with van der Waals surface area (Å²) in [5, 5.41) is 4.11. The topological polar surface area (TPSA) is 12.0 Å². The minimum Gasteiger partial charge on any atom is -0.306 e. The zero-order valence-electron chi connectivity index (χ0n) is 11.9. The monoisotopic (exact) mass is 303 g/mol. The number of benzene rings is 1. The normalized spacial score (nSPS) is 22.3. The van der Waals surface area contributed by atoms with Gasteiger partial charge in [0.25, 0.3) is 0 Å². The SMILES string of the molecule is CC(NC1C(C)(C)C1(C)C)c1cc(F)c(Cl)cc1Cl. The second kappa shape index (κ2) is 4.61. The average molecular weight is 304 g/mol. The minimum absolute atomic E-state index is 0.00897. The Labute approximate surface area is 124 Å². The molecule has 1 aliphatic carbocycles. The highest BCUT2D eigenvalue weighted by atomic mass is 35.5. The van der Waals surface area contributed by atoms with E-state index in [1.807, 2.05) is 6.92 Å². The van der Waals surface area contributed by atoms with Crippen molar-refractivity contribution in [3.63, 3.8) is 0 Å². The summed E-state index contributed by atoms with van der Waals surface area (Å²) in [6, 6.07) is 3.27. The van der Waals surface area contributed by atoms with Crippen LogP contribution >= 0.6 is 23.2 Å². The molecule has 0 aromatic heterocycles. The second-order valence-electron chi connectivity index (χ2n) is 6.55. The number of nitrogens with one attached hydrogen (secondary N) is 1. The molecule has 1 aliphatic rings. The van der Waals surface area contributed by atoms with E-state index in [4.69, 9.17) is 23.2 Å². The van der Waals surface area contributed by atoms with Crippen LogP contribution in [0.5, 0.6) is 0 Å². The summed E-state index contributed by atoms with van der Waals surface area (Å²) in [7, 11) is 0. The predicted molar refractivity (Wildman–Crippen MR) is 79.3 cm³/mol. The molecule has 4 heteroatoms. The maximum Gasteiger partial charge on any atom is 0.142 e. The van der Waals surface area contributed by atoms with E-state index in [1.54, 1.807) is 0 Å². The van der Waals surface area contributed by atoms with E-state index >= 15 is 0 Å². The van der Waals surface area contributed by atoms with Gasteiger partial charge in [-0.2, -0.15) is 0 Å². The quantitative estimate of drug-likeness (QED) is 0.755. The van der Waals surface area contributed by atoms with Crippen LogP contribution in [0.4, 0.5) is 4.39 Å². The van der Waals surface area contributed by atoms with Crippen molar-refractivity contribution in [3.8, 4) is 0 Å². The van der Waals surface area contributed by atoms with E-state index in [-0.39, 0.29) is 21.9 Å². The van der Waals surface area contributed by atoms with Crippen molar-refractivity contribution >= 4 is 23.2 Å². The van der Waals surface area contributed by atoms with Gasteiger partial charge in [0.05, 0.1) is 5.02 Å². The Morgan fingerprint density at radius 2 is 1.63 bits per heavy atom. The molecule has 1 N–H and O–H groups in total. The Kier molecular flexibility index (Phi) is 3.66. The molecule has 0 aliphatic heterocycles. The molecule has 0 spiro atoms. The highest BCUT2D eigenvalue weighted by Gasteiger charge is 2.64. The third kappa shape index (κ3) is 2.39. The molecule has 0 amide bonds. The molecule has 0 saturated heterocycles. The van der Waals surface area contributed by atoms with Gasteiger partial charge in [-0.1, -0.05) is 50.9 Å². The lowest BCUT2D eigenvalue weighted by molar-refractivity contribution is 0.457. The zero-order chi connectivity index (χ0) is 14.6. The molecule has 2 rings (SSSR count). The van der Waals surface area contributed by atoms with Gasteiger partial charge in [0.1, 0.15) is 5.82 Å². The molecule has 1 atom stereocenters. The highest BCUT2D eigenvalue weighted by molar-refractivity contribution is 6.35. The summed E-state index contributed by atoms with van der Waals surface area (Å²) in [5.41, 5.74) is 1.22. The number of rotatable bonds is 3. The van der Waals surface area contributed by atoms with Crippen LogP contribution in [0.2, 0.25) is 10.0 Å². The van der Waals surface area contributed by atoms with Gasteiger partial charge in [0.15, 0.2) is 0 Å². The third-order valence-corrected chi connectivity index (χ3v) is 5.56. The molecule has 1 saturated carbocycles. The molecular formula is C15H20Cl2FN. The maximum absolute atomic E-state index is 13.6. The first-order valence-corrected chi connectivity index (χ1v) is 7.25. The largest absolute Gasteiger partial charge is 0.306 e. The Morgan fingerprint density at radius 1 is 1.11 bits per heavy atom. The lowest BCUT2D eigenvalue weighted by Gasteiger charge is -2.18. The summed E-state index contributed by atoms with van der Waals surface area (Å²) in [5.74, 6) is -0.427. The standard InChI is InChI=1S/C15H20Cl2FN/c1-8(19-13-14(2,3)15(13,4)5)9-6-12(18)11(17)7-10(9)16/h6-8,13,19H,1-5H3. The van der Waals surface area contributed by atoms with Crippen molar-refractivity contribution in [3.05, 3.63) is 33.6 Å². The molecule has 19 heavy (non-hydrogen) atoms. The van der Waals surface area contributed by atoms with Gasteiger partial charge in [-0.25, -0.2) is 4.39 Å². The van der Waals surface area contributed by atoms with Crippen LogP contribution in [0.25, 0.3) is 0 Å². The Balaban J connectivity index is 2.18. The second-order valence-corrected chi connectivity index (χ2v) is 7.37. The van der Waals surface area contributed by atoms with Crippen LogP contribution in [0.15, 0.2) is 12.1 Å². The van der Waals surface area contributed by atoms with Gasteiger partial charge in [-0.05, 0) is 35.4 Å². The fourth-order valence-corrected chi connectivity index (χ4v) is 3.37. The first-order valence-electron chi connectivity index (χ1n) is 6.49. The third-order valence-electron chi connectivity index (χ3n) is 4.94. The number of hydrogen-bond acceptors (Lipinski definition) is 1. The molecule has 1 aromatic rings. The lowest BCUT2D eigenvalue weighted by atomic mass is 10.0. The molecule has 1 fully saturated rings. The van der Waals surface area contributed by atoms with E-state index in [9.17, 15) is 4.39 Å². The average Bonchev–Trinajstić information content (AvgIpc) is 2.66. The summed E-state index contributed by atoms with van der Waals surface area (Å²) in [6.45, 7) is 10.9. The van der Waals surface area contributed by atoms with Crippen LogP contribution in [0, 0.1) is 16.6 Å². The summed E-state index contributed by atoms with van der Waals surface area (Å²) in [4.78, 5) is 0. The molecule has 106 valence electrons. The molecule has 1 aromatic carbocycles. The Bertz CT molecular complexity index is 497. The van der Waals surface area contributed by atoms with E-state index in [2.05, 4.69) is 33.0 Å². The maximum atomic E-state index is 13.6. The summed E-state index contributed by atoms with van der Waals surface area (Å²) >= 11 is 11.9. The first kappa shape index (κ1) is 15.1. The van der Waals surface area contributed by atoms with Crippen molar-refractivity contribution in [2.45, 2.75) is 46.7 Å². The minimum atomic E-state index is -0.427. The van der Waals surface area contributed by atoms with Crippen LogP contribution in [-0.2, 0) is 0 Å². The fraction of sp³-hybridized carbons (Fsp3) is 0.600. The molecule has 0 radical (unpaired) electrons. The Hall–Kier alpha value is -0.310. The smallest absolute Gasteiger partial charge is 0.142 e. The van der Waals surface area contributed by atoms with Gasteiger partial charge >= 0.3 is 0 Å². The van der Waals surface area contributed by atoms with Crippen molar-refractivity contribution in [2.75, 3.05) is 0 Å². The van der Waals surface area contributed by atoms with Crippen molar-refractivity contribution < 1.29 is 4.39 Å². The van der Waals surface area contributed by atoms with Crippen LogP contribution < -0.4 is 5.32 Å². The van der Waals surface area contributed by atoms with Crippen LogP contribution in [0.3, 0.4) is 0 Å². The van der Waals surface area contributed by atoms with Crippen molar-refractivity contribution in [2.24, 2.45) is 10.8 Å². The number of halogens is 3. The fourth-order valence-electron chi connectivity index (χ4n) is 2.82. The predicted octanol–water partition coefficient (Wildman–Crippen LogP) is 5.22. The van der Waals surface area contributed by atoms with E-state index in [0.29, 0.717) is 11.1 Å². The van der Waals surface area contributed by atoms with Crippen LogP contribution in [0.1, 0.15) is 46.2 Å². The van der Waals surface area contributed by atoms with Crippen LogP contribution in [-0.4, -0.2) is 6.04 Å². The van der Waals surface area contributed by atoms with E-state index in [1.165, 1.54) is 12.1 Å². The summed E-state index contributed by atoms with van der Waals surface area (Å²) in [6.07, 6.45) is 0.